The van der Waals surface area contributed by atoms with Crippen LogP contribution in [0.25, 0.3) is 0 Å². The number of benzene rings is 1. The van der Waals surface area contributed by atoms with Crippen molar-refractivity contribution in [2.24, 2.45) is 0 Å². The third kappa shape index (κ3) is 1.91. The van der Waals surface area contributed by atoms with Crippen LogP contribution in [0.15, 0.2) is 16.6 Å². The van der Waals surface area contributed by atoms with Crippen molar-refractivity contribution in [2.45, 2.75) is 26.2 Å². The van der Waals surface area contributed by atoms with Gasteiger partial charge < -0.3 is 5.11 Å². The van der Waals surface area contributed by atoms with E-state index in [1.807, 2.05) is 26.8 Å². The Hall–Kier alpha value is -1.01. The van der Waals surface area contributed by atoms with E-state index in [1.165, 1.54) is 0 Å². The summed E-state index contributed by atoms with van der Waals surface area (Å²) in [5, 5.41) is 18.5. The fraction of sp³-hybridized carbons (Fsp3) is 0.364. The number of aryl methyl sites for hydroxylation is 1. The molecule has 0 aliphatic heterocycles. The number of hydrogen-bond donors (Lipinski definition) is 1. The van der Waals surface area contributed by atoms with E-state index in [-0.39, 0.29) is 5.75 Å². The second-order valence-electron chi connectivity index (χ2n) is 3.86. The van der Waals surface area contributed by atoms with Crippen molar-refractivity contribution >= 4 is 15.9 Å². The van der Waals surface area contributed by atoms with Gasteiger partial charge in [-0.15, -0.1) is 0 Å². The van der Waals surface area contributed by atoms with Gasteiger partial charge in [0, 0.05) is 0 Å². The van der Waals surface area contributed by atoms with E-state index in [0.717, 1.165) is 11.1 Å². The van der Waals surface area contributed by atoms with Gasteiger partial charge in [-0.3, -0.25) is 0 Å². The number of nitrogens with zero attached hydrogens (tertiary/aromatic N) is 1. The molecule has 1 rings (SSSR count). The number of rotatable bonds is 1. The van der Waals surface area contributed by atoms with Gasteiger partial charge >= 0.3 is 0 Å². The second-order valence-corrected chi connectivity index (χ2v) is 4.71. The van der Waals surface area contributed by atoms with Gasteiger partial charge in [-0.1, -0.05) is 0 Å². The molecule has 0 aliphatic rings. The van der Waals surface area contributed by atoms with Crippen molar-refractivity contribution in [3.8, 4) is 11.8 Å². The minimum atomic E-state index is -0.567. The lowest BCUT2D eigenvalue weighted by Crippen LogP contribution is -2.15. The van der Waals surface area contributed by atoms with Crippen molar-refractivity contribution < 1.29 is 5.11 Å². The summed E-state index contributed by atoms with van der Waals surface area (Å²) in [6.07, 6.45) is 0. The van der Waals surface area contributed by atoms with E-state index in [9.17, 15) is 5.11 Å². The molecule has 1 N–H and O–H groups in total. The fourth-order valence-electron chi connectivity index (χ4n) is 1.39. The molecular formula is C11H12BrNO. The molecular weight excluding hydrogens is 242 g/mol. The molecule has 0 spiro atoms. The minimum Gasteiger partial charge on any atom is -0.507 e. The van der Waals surface area contributed by atoms with Crippen LogP contribution in [-0.4, -0.2) is 5.11 Å². The van der Waals surface area contributed by atoms with Gasteiger partial charge in [-0.05, 0) is 60.0 Å². The van der Waals surface area contributed by atoms with Crippen LogP contribution in [0.3, 0.4) is 0 Å². The van der Waals surface area contributed by atoms with E-state index in [2.05, 4.69) is 22.0 Å². The van der Waals surface area contributed by atoms with Gasteiger partial charge in [-0.2, -0.15) is 5.26 Å². The van der Waals surface area contributed by atoms with Crippen LogP contribution in [-0.2, 0) is 5.41 Å². The fourth-order valence-corrected chi connectivity index (χ4v) is 1.85. The molecule has 0 radical (unpaired) electrons. The first kappa shape index (κ1) is 11.1. The van der Waals surface area contributed by atoms with Crippen LogP contribution < -0.4 is 0 Å². The molecule has 2 nitrogen and oxygen atoms in total. The molecule has 14 heavy (non-hydrogen) atoms. The molecule has 74 valence electrons. The van der Waals surface area contributed by atoms with Crippen molar-refractivity contribution in [1.82, 2.24) is 0 Å². The smallest absolute Gasteiger partial charge is 0.130 e. The highest BCUT2D eigenvalue weighted by atomic mass is 79.9. The van der Waals surface area contributed by atoms with Gasteiger partial charge in [-0.25, -0.2) is 0 Å². The molecule has 0 aromatic heterocycles. The van der Waals surface area contributed by atoms with Crippen LogP contribution in [0.5, 0.6) is 5.75 Å². The van der Waals surface area contributed by atoms with Crippen LogP contribution in [0.1, 0.15) is 25.0 Å². The number of halogens is 1. The molecule has 0 amide bonds. The number of phenols is 1. The van der Waals surface area contributed by atoms with Gasteiger partial charge in [0.1, 0.15) is 5.75 Å². The topological polar surface area (TPSA) is 44.0 Å². The van der Waals surface area contributed by atoms with Gasteiger partial charge in [0.25, 0.3) is 0 Å². The van der Waals surface area contributed by atoms with Crippen LogP contribution in [0.2, 0.25) is 0 Å². The summed E-state index contributed by atoms with van der Waals surface area (Å²) in [6.45, 7) is 5.60. The molecule has 0 fully saturated rings. The normalized spacial score (nSPS) is 11.1. The Morgan fingerprint density at radius 2 is 2.00 bits per heavy atom. The highest BCUT2D eigenvalue weighted by Crippen LogP contribution is 2.33. The summed E-state index contributed by atoms with van der Waals surface area (Å²) in [5.74, 6) is 0.175. The maximum Gasteiger partial charge on any atom is 0.130 e. The molecule has 0 saturated heterocycles. The van der Waals surface area contributed by atoms with Crippen LogP contribution in [0, 0.1) is 18.3 Å². The molecule has 1 aromatic rings. The Labute approximate surface area is 92.3 Å². The lowest BCUT2D eigenvalue weighted by atomic mass is 9.83. The van der Waals surface area contributed by atoms with Gasteiger partial charge in [0.2, 0.25) is 0 Å². The highest BCUT2D eigenvalue weighted by Gasteiger charge is 2.22. The van der Waals surface area contributed by atoms with Crippen molar-refractivity contribution in [2.75, 3.05) is 0 Å². The standard InChI is InChI=1S/C11H12BrNO/c1-7-4-9(12)10(14)5-8(7)11(2,3)6-13/h4-5,14H,1-3H3. The molecule has 0 unspecified atom stereocenters. The summed E-state index contributed by atoms with van der Waals surface area (Å²) in [5.41, 5.74) is 1.30. The zero-order chi connectivity index (χ0) is 10.9. The Balaban J connectivity index is 3.38. The lowest BCUT2D eigenvalue weighted by Gasteiger charge is -2.19. The van der Waals surface area contributed by atoms with Gasteiger partial charge in [0.05, 0.1) is 16.0 Å². The summed E-state index contributed by atoms with van der Waals surface area (Å²) in [7, 11) is 0. The lowest BCUT2D eigenvalue weighted by molar-refractivity contribution is 0.469. The SMILES string of the molecule is Cc1cc(Br)c(O)cc1C(C)(C)C#N. The van der Waals surface area contributed by atoms with E-state index in [1.54, 1.807) is 6.07 Å². The average molecular weight is 254 g/mol. The monoisotopic (exact) mass is 253 g/mol. The number of nitriles is 1. The summed E-state index contributed by atoms with van der Waals surface area (Å²) >= 11 is 3.24. The van der Waals surface area contributed by atoms with Crippen molar-refractivity contribution in [3.63, 3.8) is 0 Å². The van der Waals surface area contributed by atoms with Crippen molar-refractivity contribution in [1.29, 1.82) is 5.26 Å². The molecule has 0 heterocycles. The Morgan fingerprint density at radius 1 is 1.43 bits per heavy atom. The minimum absolute atomic E-state index is 0.175. The van der Waals surface area contributed by atoms with Crippen LogP contribution in [0.4, 0.5) is 0 Å². The number of phenolic OH excluding ortho intramolecular Hbond substituents is 1. The third-order valence-electron chi connectivity index (χ3n) is 2.25. The number of aromatic hydroxyl groups is 1. The molecule has 3 heteroatoms. The zero-order valence-corrected chi connectivity index (χ0v) is 10.0. The molecule has 0 aliphatic carbocycles. The quantitative estimate of drug-likeness (QED) is 0.835. The zero-order valence-electron chi connectivity index (χ0n) is 8.43. The van der Waals surface area contributed by atoms with Crippen molar-refractivity contribution in [3.05, 3.63) is 27.7 Å². The first-order chi connectivity index (χ1) is 6.38. The highest BCUT2D eigenvalue weighted by molar-refractivity contribution is 9.10. The van der Waals surface area contributed by atoms with Gasteiger partial charge in [0.15, 0.2) is 0 Å². The Morgan fingerprint density at radius 3 is 2.50 bits per heavy atom. The first-order valence-electron chi connectivity index (χ1n) is 4.29. The first-order valence-corrected chi connectivity index (χ1v) is 5.08. The average Bonchev–Trinajstić information content (AvgIpc) is 2.11. The number of hydrogen-bond acceptors (Lipinski definition) is 2. The van der Waals surface area contributed by atoms with Crippen LogP contribution >= 0.6 is 15.9 Å². The Kier molecular flexibility index (Phi) is 2.86. The maximum absolute atomic E-state index is 9.53. The second kappa shape index (κ2) is 3.62. The van der Waals surface area contributed by atoms with E-state index in [0.29, 0.717) is 4.47 Å². The van der Waals surface area contributed by atoms with E-state index in [4.69, 9.17) is 5.26 Å². The summed E-state index contributed by atoms with van der Waals surface area (Å²) in [4.78, 5) is 0. The maximum atomic E-state index is 9.53. The molecule has 0 saturated carbocycles. The Bertz CT molecular complexity index is 404. The predicted molar refractivity (Wildman–Crippen MR) is 59.2 cm³/mol. The largest absolute Gasteiger partial charge is 0.507 e. The van der Waals surface area contributed by atoms with E-state index >= 15 is 0 Å². The molecule has 1 aromatic carbocycles. The summed E-state index contributed by atoms with van der Waals surface area (Å²) in [6, 6.07) is 5.68. The predicted octanol–water partition coefficient (Wildman–Crippen LogP) is 3.26. The summed E-state index contributed by atoms with van der Waals surface area (Å²) < 4.78 is 0.660. The molecule has 0 atom stereocenters. The van der Waals surface area contributed by atoms with E-state index < -0.39 is 5.41 Å². The molecule has 0 bridgehead atoms. The third-order valence-corrected chi connectivity index (χ3v) is 2.88.